The quantitative estimate of drug-likeness (QED) is 0.237. The van der Waals surface area contributed by atoms with Crippen LogP contribution in [-0.2, 0) is 6.42 Å². The van der Waals surface area contributed by atoms with Gasteiger partial charge >= 0.3 is 0 Å². The number of halogens is 1. The van der Waals surface area contributed by atoms with Gasteiger partial charge in [0.2, 0.25) is 0 Å². The van der Waals surface area contributed by atoms with Gasteiger partial charge in [0.25, 0.3) is 11.5 Å². The van der Waals surface area contributed by atoms with Gasteiger partial charge in [-0.2, -0.15) is 0 Å². The molecule has 0 N–H and O–H groups in total. The molecule has 1 unspecified atom stereocenters. The molecule has 0 aliphatic heterocycles. The van der Waals surface area contributed by atoms with E-state index in [0.717, 1.165) is 11.1 Å². The van der Waals surface area contributed by atoms with Gasteiger partial charge in [-0.1, -0.05) is 72.3 Å². The molecule has 0 aliphatic carbocycles. The van der Waals surface area contributed by atoms with Gasteiger partial charge < -0.3 is 4.90 Å². The van der Waals surface area contributed by atoms with Gasteiger partial charge in [0.15, 0.2) is 0 Å². The zero-order valence-electron chi connectivity index (χ0n) is 21.3. The summed E-state index contributed by atoms with van der Waals surface area (Å²) in [7, 11) is 0. The lowest BCUT2D eigenvalue weighted by atomic mass is 10.1. The molecule has 5 rings (SSSR count). The van der Waals surface area contributed by atoms with E-state index in [1.807, 2.05) is 92.7 Å². The van der Waals surface area contributed by atoms with Crippen molar-refractivity contribution in [1.29, 1.82) is 0 Å². The summed E-state index contributed by atoms with van der Waals surface area (Å²) in [6, 6.07) is 31.5. The van der Waals surface area contributed by atoms with Crippen LogP contribution in [0.2, 0.25) is 5.02 Å². The summed E-state index contributed by atoms with van der Waals surface area (Å²) in [5, 5.41) is 1.11. The Bertz CT molecular complexity index is 1650. The fourth-order valence-corrected chi connectivity index (χ4v) is 5.01. The van der Waals surface area contributed by atoms with E-state index in [1.54, 1.807) is 21.6 Å². The molecule has 38 heavy (non-hydrogen) atoms. The van der Waals surface area contributed by atoms with Gasteiger partial charge in [-0.05, 0) is 73.9 Å². The highest BCUT2D eigenvalue weighted by Gasteiger charge is 2.28. The molecule has 0 spiro atoms. The third-order valence-corrected chi connectivity index (χ3v) is 7.04. The summed E-state index contributed by atoms with van der Waals surface area (Å²) < 4.78 is 1.63. The van der Waals surface area contributed by atoms with Crippen molar-refractivity contribution in [3.8, 4) is 5.69 Å². The number of benzene rings is 4. The highest BCUT2D eigenvalue weighted by molar-refractivity contribution is 6.30. The summed E-state index contributed by atoms with van der Waals surface area (Å²) in [4.78, 5) is 34.6. The van der Waals surface area contributed by atoms with Crippen LogP contribution in [0.15, 0.2) is 108 Å². The fourth-order valence-electron chi connectivity index (χ4n) is 4.78. The number of hydrogen-bond acceptors (Lipinski definition) is 3. The van der Waals surface area contributed by atoms with E-state index in [1.165, 1.54) is 0 Å². The van der Waals surface area contributed by atoms with E-state index in [4.69, 9.17) is 16.6 Å². The predicted molar refractivity (Wildman–Crippen MR) is 153 cm³/mol. The molecule has 0 saturated carbocycles. The first-order chi connectivity index (χ1) is 18.4. The molecule has 1 aromatic heterocycles. The number of nitrogens with zero attached hydrogens (tertiary/aromatic N) is 3. The average molecular weight is 522 g/mol. The Labute approximate surface area is 227 Å². The van der Waals surface area contributed by atoms with Gasteiger partial charge in [0, 0.05) is 17.1 Å². The summed E-state index contributed by atoms with van der Waals surface area (Å²) >= 11 is 6.24. The Hall–Kier alpha value is -4.22. The van der Waals surface area contributed by atoms with Gasteiger partial charge in [-0.15, -0.1) is 0 Å². The van der Waals surface area contributed by atoms with Crippen molar-refractivity contribution in [3.63, 3.8) is 0 Å². The smallest absolute Gasteiger partial charge is 0.266 e. The minimum absolute atomic E-state index is 0.115. The lowest BCUT2D eigenvalue weighted by Crippen LogP contribution is -2.38. The van der Waals surface area contributed by atoms with Crippen molar-refractivity contribution in [2.75, 3.05) is 6.54 Å². The van der Waals surface area contributed by atoms with Gasteiger partial charge in [-0.3, -0.25) is 14.2 Å². The Morgan fingerprint density at radius 2 is 1.58 bits per heavy atom. The van der Waals surface area contributed by atoms with Gasteiger partial charge in [-0.25, -0.2) is 4.98 Å². The lowest BCUT2D eigenvalue weighted by Gasteiger charge is -2.31. The standard InChI is InChI=1S/C32H28ClN3O2/c1-22-21-26(33)17-18-29(22)36-30(34-28-16-10-9-15-27(28)32(36)38)23(2)35(20-19-24-11-5-3-6-12-24)31(37)25-13-7-4-8-14-25/h3-18,21,23H,19-20H2,1-2H3. The molecule has 0 radical (unpaired) electrons. The second kappa shape index (κ2) is 11.0. The predicted octanol–water partition coefficient (Wildman–Crippen LogP) is 6.79. The Kier molecular flexibility index (Phi) is 7.38. The summed E-state index contributed by atoms with van der Waals surface area (Å²) in [5.41, 5.74) is 3.66. The molecular formula is C32H28ClN3O2. The number of carbonyl (C=O) groups is 1. The van der Waals surface area contributed by atoms with E-state index >= 15 is 0 Å². The zero-order valence-corrected chi connectivity index (χ0v) is 22.1. The molecule has 0 aliphatic rings. The number of rotatable bonds is 7. The van der Waals surface area contributed by atoms with Crippen LogP contribution >= 0.6 is 11.6 Å². The van der Waals surface area contributed by atoms with Crippen molar-refractivity contribution in [2.45, 2.75) is 26.3 Å². The molecular weight excluding hydrogens is 494 g/mol. The van der Waals surface area contributed by atoms with Crippen LogP contribution in [0, 0.1) is 6.92 Å². The molecule has 5 nitrogen and oxygen atoms in total. The van der Waals surface area contributed by atoms with E-state index in [0.29, 0.717) is 46.0 Å². The number of carbonyl (C=O) groups excluding carboxylic acids is 1. The molecule has 6 heteroatoms. The zero-order chi connectivity index (χ0) is 26.6. The minimum Gasteiger partial charge on any atom is -0.328 e. The molecule has 0 bridgehead atoms. The van der Waals surface area contributed by atoms with Gasteiger partial charge in [0.05, 0.1) is 22.6 Å². The monoisotopic (exact) mass is 521 g/mol. The Balaban J connectivity index is 1.67. The normalized spacial score (nSPS) is 11.9. The SMILES string of the molecule is Cc1cc(Cl)ccc1-n1c(C(C)N(CCc2ccccc2)C(=O)c2ccccc2)nc2ccccc2c1=O. The van der Waals surface area contributed by atoms with Gasteiger partial charge in [0.1, 0.15) is 5.82 Å². The number of fused-ring (bicyclic) bond motifs is 1. The highest BCUT2D eigenvalue weighted by Crippen LogP contribution is 2.27. The molecule has 5 aromatic rings. The molecule has 0 saturated heterocycles. The third kappa shape index (κ3) is 5.11. The van der Waals surface area contributed by atoms with Crippen molar-refractivity contribution in [2.24, 2.45) is 0 Å². The molecule has 4 aromatic carbocycles. The molecule has 0 fully saturated rings. The van der Waals surface area contributed by atoms with E-state index in [-0.39, 0.29) is 11.5 Å². The van der Waals surface area contributed by atoms with Crippen LogP contribution in [0.5, 0.6) is 0 Å². The van der Waals surface area contributed by atoms with E-state index in [9.17, 15) is 9.59 Å². The number of aromatic nitrogens is 2. The maximum atomic E-state index is 13.9. The maximum absolute atomic E-state index is 13.9. The first-order valence-electron chi connectivity index (χ1n) is 12.6. The van der Waals surface area contributed by atoms with Crippen LogP contribution in [0.3, 0.4) is 0 Å². The fraction of sp³-hybridized carbons (Fsp3) is 0.156. The van der Waals surface area contributed by atoms with E-state index in [2.05, 4.69) is 12.1 Å². The van der Waals surface area contributed by atoms with Crippen molar-refractivity contribution in [1.82, 2.24) is 14.5 Å². The van der Waals surface area contributed by atoms with Crippen molar-refractivity contribution in [3.05, 3.63) is 141 Å². The van der Waals surface area contributed by atoms with Crippen LogP contribution in [0.4, 0.5) is 0 Å². The lowest BCUT2D eigenvalue weighted by molar-refractivity contribution is 0.0683. The third-order valence-electron chi connectivity index (χ3n) is 6.81. The van der Waals surface area contributed by atoms with Crippen LogP contribution in [0.25, 0.3) is 16.6 Å². The topological polar surface area (TPSA) is 55.2 Å². The molecule has 1 amide bonds. The Morgan fingerprint density at radius 3 is 2.29 bits per heavy atom. The van der Waals surface area contributed by atoms with Crippen molar-refractivity contribution < 1.29 is 4.79 Å². The first kappa shape index (κ1) is 25.4. The highest BCUT2D eigenvalue weighted by atomic mass is 35.5. The first-order valence-corrected chi connectivity index (χ1v) is 13.0. The van der Waals surface area contributed by atoms with Crippen LogP contribution in [0.1, 0.15) is 40.3 Å². The number of amides is 1. The Morgan fingerprint density at radius 1 is 0.921 bits per heavy atom. The van der Waals surface area contributed by atoms with Crippen LogP contribution in [-0.4, -0.2) is 26.9 Å². The molecule has 1 atom stereocenters. The number of hydrogen-bond donors (Lipinski definition) is 0. The second-order valence-corrected chi connectivity index (χ2v) is 9.77. The number of aryl methyl sites for hydroxylation is 1. The maximum Gasteiger partial charge on any atom is 0.266 e. The van der Waals surface area contributed by atoms with E-state index < -0.39 is 6.04 Å². The number of para-hydroxylation sites is 1. The minimum atomic E-state index is -0.501. The largest absolute Gasteiger partial charge is 0.328 e. The summed E-state index contributed by atoms with van der Waals surface area (Å²) in [5.74, 6) is 0.382. The molecule has 190 valence electrons. The summed E-state index contributed by atoms with van der Waals surface area (Å²) in [6.45, 7) is 4.31. The van der Waals surface area contributed by atoms with Crippen molar-refractivity contribution >= 4 is 28.4 Å². The molecule has 1 heterocycles. The van der Waals surface area contributed by atoms with Crippen LogP contribution < -0.4 is 5.56 Å². The summed E-state index contributed by atoms with van der Waals surface area (Å²) in [6.07, 6.45) is 0.668. The average Bonchev–Trinajstić information content (AvgIpc) is 2.94. The second-order valence-electron chi connectivity index (χ2n) is 9.33.